The summed E-state index contributed by atoms with van der Waals surface area (Å²) in [6.07, 6.45) is 2.51. The van der Waals surface area contributed by atoms with Gasteiger partial charge in [0, 0.05) is 5.38 Å². The van der Waals surface area contributed by atoms with Gasteiger partial charge in [0.15, 0.2) is 5.13 Å². The van der Waals surface area contributed by atoms with Gasteiger partial charge in [-0.1, -0.05) is 12.2 Å². The molecule has 4 atom stereocenters. The molecule has 0 unspecified atom stereocenters. The van der Waals surface area contributed by atoms with E-state index in [1.807, 2.05) is 12.3 Å². The van der Waals surface area contributed by atoms with Crippen LogP contribution < -0.4 is 5.32 Å². The largest absolute Gasteiger partial charge is 0.481 e. The van der Waals surface area contributed by atoms with Gasteiger partial charge in [0.1, 0.15) is 5.92 Å². The highest BCUT2D eigenvalue weighted by molar-refractivity contribution is 7.13. The first-order valence-corrected chi connectivity index (χ1v) is 6.74. The molecule has 1 saturated heterocycles. The fourth-order valence-corrected chi connectivity index (χ4v) is 3.21. The molecule has 6 nitrogen and oxygen atoms in total. The van der Waals surface area contributed by atoms with Crippen LogP contribution in [0, 0.1) is 18.8 Å². The Hall–Kier alpha value is -1.73. The number of anilines is 1. The lowest BCUT2D eigenvalue weighted by Gasteiger charge is -2.20. The molecule has 1 fully saturated rings. The maximum absolute atomic E-state index is 12.2. The molecular weight excluding hydrogens is 268 g/mol. The van der Waals surface area contributed by atoms with Crippen molar-refractivity contribution in [2.24, 2.45) is 11.8 Å². The summed E-state index contributed by atoms with van der Waals surface area (Å²) in [5, 5.41) is 14.2. The van der Waals surface area contributed by atoms with Gasteiger partial charge >= 0.3 is 5.97 Å². The summed E-state index contributed by atoms with van der Waals surface area (Å²) in [5.41, 5.74) is 0.819. The van der Waals surface area contributed by atoms with Gasteiger partial charge in [-0.05, 0) is 6.92 Å². The Balaban J connectivity index is 1.79. The number of rotatable bonds is 3. The van der Waals surface area contributed by atoms with Crippen LogP contribution in [-0.4, -0.2) is 34.2 Å². The zero-order valence-corrected chi connectivity index (χ0v) is 10.9. The third-order valence-electron chi connectivity index (χ3n) is 3.34. The summed E-state index contributed by atoms with van der Waals surface area (Å²) in [6.45, 7) is 1.83. The van der Waals surface area contributed by atoms with Crippen molar-refractivity contribution >= 4 is 28.3 Å². The van der Waals surface area contributed by atoms with Crippen LogP contribution in [0.5, 0.6) is 0 Å². The normalized spacial score (nSPS) is 31.6. The number of amides is 1. The Morgan fingerprint density at radius 1 is 1.37 bits per heavy atom. The molecule has 0 spiro atoms. The molecule has 2 N–H and O–H groups in total. The number of carboxylic acid groups (broad SMARTS) is 1. The van der Waals surface area contributed by atoms with Crippen LogP contribution in [0.3, 0.4) is 0 Å². The van der Waals surface area contributed by atoms with E-state index >= 15 is 0 Å². The number of aryl methyl sites for hydroxylation is 1. The van der Waals surface area contributed by atoms with E-state index in [1.54, 1.807) is 12.2 Å². The zero-order chi connectivity index (χ0) is 13.6. The first-order valence-electron chi connectivity index (χ1n) is 5.86. The Bertz CT molecular complexity index is 568. The Morgan fingerprint density at radius 2 is 2.05 bits per heavy atom. The van der Waals surface area contributed by atoms with Crippen molar-refractivity contribution in [2.75, 3.05) is 5.32 Å². The maximum atomic E-state index is 12.2. The van der Waals surface area contributed by atoms with E-state index in [-0.39, 0.29) is 5.91 Å². The molecule has 0 saturated carbocycles. The van der Waals surface area contributed by atoms with Crippen molar-refractivity contribution in [1.29, 1.82) is 0 Å². The van der Waals surface area contributed by atoms with Gasteiger partial charge < -0.3 is 15.2 Å². The SMILES string of the molecule is Cc1csc(NC(=O)[C@H]2[C@@H](C(=O)O)[C@@H]3C=C[C@H]2O3)n1. The van der Waals surface area contributed by atoms with Gasteiger partial charge in [0.25, 0.3) is 0 Å². The van der Waals surface area contributed by atoms with Crippen molar-refractivity contribution < 1.29 is 19.4 Å². The van der Waals surface area contributed by atoms with Crippen LogP contribution in [0.4, 0.5) is 5.13 Å². The second-order valence-corrected chi connectivity index (χ2v) is 5.48. The minimum Gasteiger partial charge on any atom is -0.481 e. The van der Waals surface area contributed by atoms with Crippen molar-refractivity contribution in [3.63, 3.8) is 0 Å². The quantitative estimate of drug-likeness (QED) is 0.808. The fraction of sp³-hybridized carbons (Fsp3) is 0.417. The molecular formula is C12H12N2O4S. The highest BCUT2D eigenvalue weighted by Gasteiger charge is 2.53. The first kappa shape index (κ1) is 12.3. The molecule has 7 heteroatoms. The van der Waals surface area contributed by atoms with Crippen molar-refractivity contribution in [2.45, 2.75) is 19.1 Å². The number of ether oxygens (including phenoxy) is 1. The summed E-state index contributed by atoms with van der Waals surface area (Å²) in [4.78, 5) is 27.6. The molecule has 2 aliphatic rings. The summed E-state index contributed by atoms with van der Waals surface area (Å²) in [5.74, 6) is -2.88. The second kappa shape index (κ2) is 4.43. The number of nitrogens with one attached hydrogen (secondary N) is 1. The van der Waals surface area contributed by atoms with Crippen molar-refractivity contribution in [3.05, 3.63) is 23.2 Å². The van der Waals surface area contributed by atoms with E-state index in [4.69, 9.17) is 4.74 Å². The van der Waals surface area contributed by atoms with Crippen LogP contribution in [0.15, 0.2) is 17.5 Å². The molecule has 2 bridgehead atoms. The highest BCUT2D eigenvalue weighted by atomic mass is 32.1. The van der Waals surface area contributed by atoms with E-state index in [2.05, 4.69) is 10.3 Å². The smallest absolute Gasteiger partial charge is 0.310 e. The Morgan fingerprint density at radius 3 is 2.63 bits per heavy atom. The second-order valence-electron chi connectivity index (χ2n) is 4.62. The van der Waals surface area contributed by atoms with Crippen LogP contribution in [0.25, 0.3) is 0 Å². The van der Waals surface area contributed by atoms with E-state index in [0.717, 1.165) is 5.69 Å². The third-order valence-corrected chi connectivity index (χ3v) is 4.21. The van der Waals surface area contributed by atoms with Crippen molar-refractivity contribution in [3.8, 4) is 0 Å². The maximum Gasteiger partial charge on any atom is 0.310 e. The molecule has 2 aliphatic heterocycles. The van der Waals surface area contributed by atoms with Crippen LogP contribution in [-0.2, 0) is 14.3 Å². The number of thiazole rings is 1. The molecule has 0 radical (unpaired) electrons. The highest BCUT2D eigenvalue weighted by Crippen LogP contribution is 2.39. The van der Waals surface area contributed by atoms with Crippen LogP contribution in [0.2, 0.25) is 0 Å². The number of fused-ring (bicyclic) bond motifs is 2. The number of nitrogens with zero attached hydrogens (tertiary/aromatic N) is 1. The number of carbonyl (C=O) groups excluding carboxylic acids is 1. The first-order chi connectivity index (χ1) is 9.06. The number of hydrogen-bond acceptors (Lipinski definition) is 5. The molecule has 3 heterocycles. The predicted molar refractivity (Wildman–Crippen MR) is 67.9 cm³/mol. The minimum absolute atomic E-state index is 0.349. The van der Waals surface area contributed by atoms with Crippen LogP contribution in [0.1, 0.15) is 5.69 Å². The third kappa shape index (κ3) is 2.04. The molecule has 0 aliphatic carbocycles. The monoisotopic (exact) mass is 280 g/mol. The molecule has 1 aromatic rings. The van der Waals surface area contributed by atoms with Crippen LogP contribution >= 0.6 is 11.3 Å². The van der Waals surface area contributed by atoms with E-state index in [0.29, 0.717) is 5.13 Å². The molecule has 0 aromatic carbocycles. The molecule has 1 aromatic heterocycles. The standard InChI is InChI=1S/C12H12N2O4S/c1-5-4-19-12(13-5)14-10(15)8-6-2-3-7(18-6)9(8)11(16)17/h2-4,6-9H,1H3,(H,16,17)(H,13,14,15)/t6-,7+,8-,9+/m1/s1. The van der Waals surface area contributed by atoms with Gasteiger partial charge in [-0.2, -0.15) is 0 Å². The summed E-state index contributed by atoms with van der Waals surface area (Å²) in [7, 11) is 0. The molecule has 100 valence electrons. The minimum atomic E-state index is -1.01. The summed E-state index contributed by atoms with van der Waals surface area (Å²) < 4.78 is 5.45. The van der Waals surface area contributed by atoms with Gasteiger partial charge in [0.05, 0.1) is 23.8 Å². The van der Waals surface area contributed by atoms with Gasteiger partial charge in [0.2, 0.25) is 5.91 Å². The van der Waals surface area contributed by atoms with E-state index < -0.39 is 30.0 Å². The van der Waals surface area contributed by atoms with Gasteiger partial charge in [-0.15, -0.1) is 11.3 Å². The average Bonchev–Trinajstić information content (AvgIpc) is 3.03. The van der Waals surface area contributed by atoms with E-state index in [9.17, 15) is 14.7 Å². The van der Waals surface area contributed by atoms with Gasteiger partial charge in [-0.3, -0.25) is 9.59 Å². The number of carboxylic acids is 1. The van der Waals surface area contributed by atoms with Gasteiger partial charge in [-0.25, -0.2) is 4.98 Å². The molecule has 19 heavy (non-hydrogen) atoms. The predicted octanol–water partition coefficient (Wildman–Crippen LogP) is 1.04. The number of aliphatic carboxylic acids is 1. The Labute approximate surface area is 113 Å². The molecule has 3 rings (SSSR count). The number of hydrogen-bond donors (Lipinski definition) is 2. The average molecular weight is 280 g/mol. The lowest BCUT2D eigenvalue weighted by Crippen LogP contribution is -2.39. The lowest BCUT2D eigenvalue weighted by molar-refractivity contribution is -0.145. The summed E-state index contributed by atoms with van der Waals surface area (Å²) >= 11 is 1.32. The molecule has 1 amide bonds. The number of aromatic nitrogens is 1. The Kier molecular flexibility index (Phi) is 2.87. The van der Waals surface area contributed by atoms with Crippen molar-refractivity contribution in [1.82, 2.24) is 4.98 Å². The topological polar surface area (TPSA) is 88.5 Å². The van der Waals surface area contributed by atoms with E-state index in [1.165, 1.54) is 11.3 Å². The zero-order valence-electron chi connectivity index (χ0n) is 10.1. The summed E-state index contributed by atoms with van der Waals surface area (Å²) in [6, 6.07) is 0. The fourth-order valence-electron chi connectivity index (χ4n) is 2.52. The lowest BCUT2D eigenvalue weighted by atomic mass is 9.82. The number of carbonyl (C=O) groups is 2.